The molecule has 0 spiro atoms. The van der Waals surface area contributed by atoms with Gasteiger partial charge in [-0.25, -0.2) is 9.13 Å². The second-order valence-corrected chi connectivity index (χ2v) is 5.13. The highest BCUT2D eigenvalue weighted by atomic mass is 79.9. The van der Waals surface area contributed by atoms with Crippen LogP contribution in [0.4, 0.5) is 0 Å². The summed E-state index contributed by atoms with van der Waals surface area (Å²) in [7, 11) is 0. The number of para-hydroxylation sites is 2. The Hall–Kier alpha value is -0.870. The topological polar surface area (TPSA) is 29.0 Å². The predicted molar refractivity (Wildman–Crippen MR) is 77.8 cm³/mol. The van der Waals surface area contributed by atoms with Crippen LogP contribution < -0.4 is 21.5 Å². The molecule has 1 unspecified atom stereocenters. The molecule has 112 valence electrons. The summed E-state index contributed by atoms with van der Waals surface area (Å²) in [6, 6.07) is 8.27. The van der Waals surface area contributed by atoms with Gasteiger partial charge in [0.1, 0.15) is 0 Å². The molecule has 1 atom stereocenters. The largest absolute Gasteiger partial charge is 1.00 e. The standard InChI is InChI=1S/C16H25N2O.BrH/c1-3-5-6-7-12-16(19)18-13-17(4-2)14-10-8-9-11-15(14)18;/h8-11,13,16,19H,3-7,12H2,1-2H3;1H/q+1;/p-1. The zero-order valence-electron chi connectivity index (χ0n) is 12.4. The van der Waals surface area contributed by atoms with Gasteiger partial charge in [0.05, 0.1) is 6.54 Å². The van der Waals surface area contributed by atoms with E-state index in [1.807, 2.05) is 23.0 Å². The maximum atomic E-state index is 10.4. The van der Waals surface area contributed by atoms with Crippen LogP contribution in [0.25, 0.3) is 11.0 Å². The number of aromatic nitrogens is 2. The monoisotopic (exact) mass is 340 g/mol. The van der Waals surface area contributed by atoms with Gasteiger partial charge in [0, 0.05) is 6.42 Å². The van der Waals surface area contributed by atoms with E-state index in [9.17, 15) is 5.11 Å². The van der Waals surface area contributed by atoms with Crippen LogP contribution in [0.1, 0.15) is 52.2 Å². The fraction of sp³-hybridized carbons (Fsp3) is 0.562. The quantitative estimate of drug-likeness (QED) is 0.574. The average molecular weight is 341 g/mol. The van der Waals surface area contributed by atoms with Crippen LogP contribution >= 0.6 is 0 Å². The smallest absolute Gasteiger partial charge is 0.246 e. The minimum absolute atomic E-state index is 0. The summed E-state index contributed by atoms with van der Waals surface area (Å²) >= 11 is 0. The Balaban J connectivity index is 0.00000200. The van der Waals surface area contributed by atoms with Crippen LogP contribution in [-0.2, 0) is 6.54 Å². The van der Waals surface area contributed by atoms with Gasteiger partial charge in [0.2, 0.25) is 6.33 Å². The van der Waals surface area contributed by atoms with Gasteiger partial charge in [-0.3, -0.25) is 0 Å². The van der Waals surface area contributed by atoms with Crippen molar-refractivity contribution >= 4 is 11.0 Å². The Morgan fingerprint density at radius 1 is 1.15 bits per heavy atom. The van der Waals surface area contributed by atoms with Gasteiger partial charge in [-0.1, -0.05) is 38.3 Å². The van der Waals surface area contributed by atoms with Crippen molar-refractivity contribution < 1.29 is 26.7 Å². The Morgan fingerprint density at radius 3 is 2.60 bits per heavy atom. The van der Waals surface area contributed by atoms with Crippen molar-refractivity contribution in [2.24, 2.45) is 0 Å². The van der Waals surface area contributed by atoms with Gasteiger partial charge in [-0.05, 0) is 25.5 Å². The molecule has 2 aromatic rings. The first-order chi connectivity index (χ1) is 9.27. The third-order valence-corrected chi connectivity index (χ3v) is 3.71. The van der Waals surface area contributed by atoms with E-state index in [0.29, 0.717) is 0 Å². The molecule has 2 rings (SSSR count). The summed E-state index contributed by atoms with van der Waals surface area (Å²) in [5.74, 6) is 0. The number of fused-ring (bicyclic) bond motifs is 1. The van der Waals surface area contributed by atoms with Crippen molar-refractivity contribution in [2.45, 2.75) is 58.7 Å². The van der Waals surface area contributed by atoms with Gasteiger partial charge >= 0.3 is 0 Å². The van der Waals surface area contributed by atoms with Crippen LogP contribution in [0.3, 0.4) is 0 Å². The molecule has 0 amide bonds. The van der Waals surface area contributed by atoms with Gasteiger partial charge in [0.25, 0.3) is 0 Å². The highest BCUT2D eigenvalue weighted by Crippen LogP contribution is 2.19. The van der Waals surface area contributed by atoms with Crippen molar-refractivity contribution in [1.82, 2.24) is 4.57 Å². The zero-order chi connectivity index (χ0) is 13.7. The van der Waals surface area contributed by atoms with E-state index in [4.69, 9.17) is 0 Å². The van der Waals surface area contributed by atoms with E-state index in [1.165, 1.54) is 24.8 Å². The van der Waals surface area contributed by atoms with Crippen LogP contribution in [0.15, 0.2) is 30.6 Å². The minimum atomic E-state index is -0.408. The molecule has 0 aliphatic heterocycles. The van der Waals surface area contributed by atoms with E-state index in [1.54, 1.807) is 0 Å². The Morgan fingerprint density at radius 2 is 1.90 bits per heavy atom. The molecule has 0 aliphatic carbocycles. The molecular weight excluding hydrogens is 316 g/mol. The normalized spacial score (nSPS) is 12.3. The predicted octanol–water partition coefficient (Wildman–Crippen LogP) is 0.414. The summed E-state index contributed by atoms with van der Waals surface area (Å²) in [6.45, 7) is 5.26. The van der Waals surface area contributed by atoms with Gasteiger partial charge in [-0.2, -0.15) is 0 Å². The third kappa shape index (κ3) is 3.83. The number of halogens is 1. The number of hydrogen-bond acceptors (Lipinski definition) is 1. The highest BCUT2D eigenvalue weighted by Gasteiger charge is 2.19. The number of imidazole rings is 1. The fourth-order valence-electron chi connectivity index (χ4n) is 2.58. The van der Waals surface area contributed by atoms with E-state index in [-0.39, 0.29) is 17.0 Å². The van der Waals surface area contributed by atoms with Gasteiger partial charge in [0.15, 0.2) is 17.3 Å². The number of aryl methyl sites for hydroxylation is 1. The molecule has 1 N–H and O–H groups in total. The van der Waals surface area contributed by atoms with Crippen molar-refractivity contribution in [2.75, 3.05) is 0 Å². The number of aliphatic hydroxyl groups excluding tert-OH is 1. The number of unbranched alkanes of at least 4 members (excludes halogenated alkanes) is 3. The lowest BCUT2D eigenvalue weighted by molar-refractivity contribution is -0.669. The molecule has 1 aromatic carbocycles. The summed E-state index contributed by atoms with van der Waals surface area (Å²) < 4.78 is 4.19. The van der Waals surface area contributed by atoms with E-state index in [0.717, 1.165) is 24.9 Å². The Labute approximate surface area is 132 Å². The van der Waals surface area contributed by atoms with E-state index >= 15 is 0 Å². The molecule has 4 heteroatoms. The molecule has 0 aliphatic rings. The molecule has 0 radical (unpaired) electrons. The summed E-state index contributed by atoms with van der Waals surface area (Å²) in [6.07, 6.45) is 7.26. The van der Waals surface area contributed by atoms with Crippen molar-refractivity contribution in [3.05, 3.63) is 30.6 Å². The van der Waals surface area contributed by atoms with Crippen molar-refractivity contribution in [3.8, 4) is 0 Å². The lowest BCUT2D eigenvalue weighted by atomic mass is 10.1. The molecule has 0 bridgehead atoms. The summed E-state index contributed by atoms with van der Waals surface area (Å²) in [5.41, 5.74) is 2.31. The molecule has 0 saturated heterocycles. The molecule has 20 heavy (non-hydrogen) atoms. The third-order valence-electron chi connectivity index (χ3n) is 3.71. The van der Waals surface area contributed by atoms with Crippen molar-refractivity contribution in [3.63, 3.8) is 0 Å². The second-order valence-electron chi connectivity index (χ2n) is 5.13. The van der Waals surface area contributed by atoms with Crippen LogP contribution in [0.2, 0.25) is 0 Å². The second kappa shape index (κ2) is 8.42. The fourth-order valence-corrected chi connectivity index (χ4v) is 2.58. The average Bonchev–Trinajstić information content (AvgIpc) is 2.82. The molecule has 1 heterocycles. The first-order valence-corrected chi connectivity index (χ1v) is 7.45. The SMILES string of the molecule is CCCCCCC(O)n1c[n+](CC)c2ccccc21.[Br-]. The summed E-state index contributed by atoms with van der Waals surface area (Å²) in [4.78, 5) is 0. The molecule has 0 saturated carbocycles. The molecule has 0 fully saturated rings. The van der Waals surface area contributed by atoms with Gasteiger partial charge in [-0.15, -0.1) is 0 Å². The first-order valence-electron chi connectivity index (χ1n) is 7.45. The number of aliphatic hydroxyl groups is 1. The number of rotatable bonds is 7. The zero-order valence-corrected chi connectivity index (χ0v) is 14.0. The highest BCUT2D eigenvalue weighted by molar-refractivity contribution is 5.71. The number of hydrogen-bond donors (Lipinski definition) is 1. The molecular formula is C16H25BrN2O. The lowest BCUT2D eigenvalue weighted by Crippen LogP contribution is -3.00. The lowest BCUT2D eigenvalue weighted by Gasteiger charge is -2.07. The minimum Gasteiger partial charge on any atom is -1.00 e. The van der Waals surface area contributed by atoms with Crippen LogP contribution in [0, 0.1) is 0 Å². The maximum absolute atomic E-state index is 10.4. The number of benzene rings is 1. The van der Waals surface area contributed by atoms with Crippen molar-refractivity contribution in [1.29, 1.82) is 0 Å². The molecule has 1 aromatic heterocycles. The Bertz CT molecular complexity index is 524. The van der Waals surface area contributed by atoms with Crippen LogP contribution in [-0.4, -0.2) is 9.67 Å². The van der Waals surface area contributed by atoms with E-state index in [2.05, 4.69) is 30.5 Å². The Kier molecular flexibility index (Phi) is 7.24. The van der Waals surface area contributed by atoms with E-state index < -0.39 is 6.23 Å². The maximum Gasteiger partial charge on any atom is 0.246 e. The van der Waals surface area contributed by atoms with Crippen LogP contribution in [0.5, 0.6) is 0 Å². The summed E-state index contributed by atoms with van der Waals surface area (Å²) in [5, 5.41) is 10.4. The molecule has 3 nitrogen and oxygen atoms in total. The first kappa shape index (κ1) is 17.2. The van der Waals surface area contributed by atoms with Gasteiger partial charge < -0.3 is 22.1 Å². The number of nitrogens with zero attached hydrogens (tertiary/aromatic N) is 2.